The molecule has 0 aliphatic rings. The highest BCUT2D eigenvalue weighted by molar-refractivity contribution is 9.10. The molecule has 3 aromatic carbocycles. The lowest BCUT2D eigenvalue weighted by atomic mass is 10.0. The van der Waals surface area contributed by atoms with E-state index < -0.39 is 11.6 Å². The van der Waals surface area contributed by atoms with E-state index in [4.69, 9.17) is 16.3 Å². The van der Waals surface area contributed by atoms with Crippen LogP contribution in [0.25, 0.3) is 0 Å². The molecule has 5 nitrogen and oxygen atoms in total. The first-order valence-electron chi connectivity index (χ1n) is 11.8. The van der Waals surface area contributed by atoms with Gasteiger partial charge < -0.3 is 15.0 Å². The monoisotopic (exact) mass is 570 g/mol. The first-order chi connectivity index (χ1) is 17.0. The number of carbonyl (C=O) groups excluding carboxylic acids is 2. The van der Waals surface area contributed by atoms with Crippen LogP contribution in [0.4, 0.5) is 0 Å². The fraction of sp³-hybridized carbons (Fsp3) is 0.310. The number of nitrogens with zero attached hydrogens (tertiary/aromatic N) is 1. The summed E-state index contributed by atoms with van der Waals surface area (Å²) in [6.07, 6.45) is 0.378. The quantitative estimate of drug-likeness (QED) is 0.326. The molecule has 3 aromatic rings. The normalized spacial score (nSPS) is 12.1. The van der Waals surface area contributed by atoms with Gasteiger partial charge in [-0.3, -0.25) is 9.59 Å². The highest BCUT2D eigenvalue weighted by Crippen LogP contribution is 2.22. The lowest BCUT2D eigenvalue weighted by molar-refractivity contribution is -0.143. The van der Waals surface area contributed by atoms with Crippen molar-refractivity contribution in [2.75, 3.05) is 6.61 Å². The number of halogens is 2. The van der Waals surface area contributed by atoms with Gasteiger partial charge in [0.1, 0.15) is 11.8 Å². The van der Waals surface area contributed by atoms with E-state index in [-0.39, 0.29) is 25.0 Å². The Hall–Kier alpha value is -2.83. The molecular weight excluding hydrogens is 540 g/mol. The van der Waals surface area contributed by atoms with Crippen LogP contribution >= 0.6 is 27.5 Å². The molecular formula is C29H32BrClN2O3. The average molecular weight is 572 g/mol. The predicted octanol–water partition coefficient (Wildman–Crippen LogP) is 6.34. The molecule has 0 fully saturated rings. The second-order valence-electron chi connectivity index (χ2n) is 9.80. The molecule has 0 aliphatic heterocycles. The Morgan fingerprint density at radius 3 is 2.33 bits per heavy atom. The van der Waals surface area contributed by atoms with Gasteiger partial charge in [-0.2, -0.15) is 0 Å². The average Bonchev–Trinajstić information content (AvgIpc) is 2.81. The summed E-state index contributed by atoms with van der Waals surface area (Å²) < 4.78 is 6.74. The molecule has 0 heterocycles. The van der Waals surface area contributed by atoms with Crippen LogP contribution in [-0.2, 0) is 22.6 Å². The van der Waals surface area contributed by atoms with E-state index in [1.54, 1.807) is 23.1 Å². The van der Waals surface area contributed by atoms with Crippen LogP contribution in [0.3, 0.4) is 0 Å². The van der Waals surface area contributed by atoms with Crippen molar-refractivity contribution in [3.05, 3.63) is 99.0 Å². The van der Waals surface area contributed by atoms with E-state index in [2.05, 4.69) is 21.2 Å². The molecule has 0 aliphatic carbocycles. The summed E-state index contributed by atoms with van der Waals surface area (Å²) >= 11 is 9.63. The van der Waals surface area contributed by atoms with Crippen LogP contribution in [0.1, 0.15) is 37.5 Å². The number of aryl methyl sites for hydroxylation is 1. The van der Waals surface area contributed by atoms with Gasteiger partial charge in [0.2, 0.25) is 5.91 Å². The van der Waals surface area contributed by atoms with E-state index in [0.717, 1.165) is 21.2 Å². The summed E-state index contributed by atoms with van der Waals surface area (Å²) in [5, 5.41) is 3.69. The fourth-order valence-corrected chi connectivity index (χ4v) is 4.34. The number of nitrogens with one attached hydrogen (secondary N) is 1. The fourth-order valence-electron chi connectivity index (χ4n) is 3.77. The molecule has 0 saturated carbocycles. The Morgan fingerprint density at radius 2 is 1.69 bits per heavy atom. The SMILES string of the molecule is Cc1cc(OCC(=O)N(Cc2cccc(Br)c2)[C@@H](Cc2ccccc2)C(=O)NC(C)(C)C)ccc1Cl. The Labute approximate surface area is 226 Å². The molecule has 0 aromatic heterocycles. The van der Waals surface area contributed by atoms with E-state index in [1.807, 2.05) is 82.3 Å². The number of hydrogen-bond acceptors (Lipinski definition) is 3. The number of amides is 2. The van der Waals surface area contributed by atoms with Crippen molar-refractivity contribution in [2.45, 2.75) is 52.2 Å². The summed E-state index contributed by atoms with van der Waals surface area (Å²) in [5.41, 5.74) is 2.28. The van der Waals surface area contributed by atoms with Gasteiger partial charge in [0.15, 0.2) is 6.61 Å². The van der Waals surface area contributed by atoms with Crippen molar-refractivity contribution < 1.29 is 14.3 Å². The number of ether oxygens (including phenoxy) is 1. The zero-order valence-corrected chi connectivity index (χ0v) is 23.4. The van der Waals surface area contributed by atoms with E-state index in [1.165, 1.54) is 0 Å². The smallest absolute Gasteiger partial charge is 0.261 e. The Kier molecular flexibility index (Phi) is 9.57. The molecule has 2 amide bonds. The van der Waals surface area contributed by atoms with Crippen LogP contribution < -0.4 is 10.1 Å². The van der Waals surface area contributed by atoms with Gasteiger partial charge in [-0.1, -0.05) is 70.0 Å². The molecule has 0 saturated heterocycles. The van der Waals surface area contributed by atoms with Crippen molar-refractivity contribution in [1.29, 1.82) is 0 Å². The first kappa shape index (κ1) is 27.8. The van der Waals surface area contributed by atoms with Gasteiger partial charge in [-0.05, 0) is 74.7 Å². The van der Waals surface area contributed by atoms with E-state index in [9.17, 15) is 9.59 Å². The summed E-state index contributed by atoms with van der Waals surface area (Å²) in [6.45, 7) is 7.72. The third kappa shape index (κ3) is 8.38. The Morgan fingerprint density at radius 1 is 1.00 bits per heavy atom. The van der Waals surface area contributed by atoms with E-state index in [0.29, 0.717) is 17.2 Å². The minimum atomic E-state index is -0.728. The summed E-state index contributed by atoms with van der Waals surface area (Å²) in [7, 11) is 0. The molecule has 0 unspecified atom stereocenters. The van der Waals surface area contributed by atoms with Gasteiger partial charge in [0.25, 0.3) is 5.91 Å². The van der Waals surface area contributed by atoms with Gasteiger partial charge in [0.05, 0.1) is 0 Å². The largest absolute Gasteiger partial charge is 0.484 e. The van der Waals surface area contributed by atoms with E-state index >= 15 is 0 Å². The van der Waals surface area contributed by atoms with Crippen molar-refractivity contribution in [3.8, 4) is 5.75 Å². The van der Waals surface area contributed by atoms with Gasteiger partial charge in [0, 0.05) is 28.0 Å². The molecule has 0 radical (unpaired) electrons. The van der Waals surface area contributed by atoms with Crippen molar-refractivity contribution in [3.63, 3.8) is 0 Å². The summed E-state index contributed by atoms with van der Waals surface area (Å²) in [6, 6.07) is 22.0. The van der Waals surface area contributed by atoms with Crippen LogP contribution in [0.2, 0.25) is 5.02 Å². The second-order valence-corrected chi connectivity index (χ2v) is 11.1. The molecule has 36 heavy (non-hydrogen) atoms. The maximum absolute atomic E-state index is 13.6. The first-order valence-corrected chi connectivity index (χ1v) is 13.0. The molecule has 190 valence electrons. The number of benzene rings is 3. The predicted molar refractivity (Wildman–Crippen MR) is 148 cm³/mol. The highest BCUT2D eigenvalue weighted by atomic mass is 79.9. The second kappa shape index (κ2) is 12.4. The molecule has 1 atom stereocenters. The zero-order valence-electron chi connectivity index (χ0n) is 21.1. The Bertz CT molecular complexity index is 1190. The van der Waals surface area contributed by atoms with Crippen molar-refractivity contribution >= 4 is 39.3 Å². The minimum Gasteiger partial charge on any atom is -0.484 e. The van der Waals surface area contributed by atoms with Crippen LogP contribution in [0.5, 0.6) is 5.75 Å². The van der Waals surface area contributed by atoms with Gasteiger partial charge in [-0.15, -0.1) is 0 Å². The third-order valence-electron chi connectivity index (χ3n) is 5.50. The molecule has 7 heteroatoms. The number of hydrogen-bond donors (Lipinski definition) is 1. The zero-order chi connectivity index (χ0) is 26.3. The van der Waals surface area contributed by atoms with Crippen molar-refractivity contribution in [2.24, 2.45) is 0 Å². The molecule has 3 rings (SSSR count). The topological polar surface area (TPSA) is 58.6 Å². The number of rotatable bonds is 9. The van der Waals surface area contributed by atoms with Crippen molar-refractivity contribution in [1.82, 2.24) is 10.2 Å². The summed E-state index contributed by atoms with van der Waals surface area (Å²) in [4.78, 5) is 28.8. The molecule has 0 spiro atoms. The van der Waals surface area contributed by atoms with Crippen LogP contribution in [-0.4, -0.2) is 34.9 Å². The van der Waals surface area contributed by atoms with Gasteiger partial charge in [-0.25, -0.2) is 0 Å². The Balaban J connectivity index is 1.93. The van der Waals surface area contributed by atoms with Crippen LogP contribution in [0, 0.1) is 6.92 Å². The van der Waals surface area contributed by atoms with Gasteiger partial charge >= 0.3 is 0 Å². The maximum Gasteiger partial charge on any atom is 0.261 e. The molecule has 1 N–H and O–H groups in total. The lowest BCUT2D eigenvalue weighted by Gasteiger charge is -2.33. The lowest BCUT2D eigenvalue weighted by Crippen LogP contribution is -2.55. The molecule has 0 bridgehead atoms. The number of carbonyl (C=O) groups is 2. The van der Waals surface area contributed by atoms with Crippen LogP contribution in [0.15, 0.2) is 77.3 Å². The minimum absolute atomic E-state index is 0.205. The standard InChI is InChI=1S/C29H32BrClN2O3/c1-20-15-24(13-14-25(20)31)36-19-27(34)33(18-22-11-8-12-23(30)16-22)26(28(35)32-29(2,3)4)17-21-9-6-5-7-10-21/h5-16,26H,17-19H2,1-4H3,(H,32,35)/t26-/m0/s1. The highest BCUT2D eigenvalue weighted by Gasteiger charge is 2.32. The third-order valence-corrected chi connectivity index (χ3v) is 6.42. The summed E-state index contributed by atoms with van der Waals surface area (Å²) in [5.74, 6) is 0.0519. The maximum atomic E-state index is 13.6.